The van der Waals surface area contributed by atoms with Crippen molar-refractivity contribution in [3.05, 3.63) is 61.2 Å². The van der Waals surface area contributed by atoms with E-state index in [-0.39, 0.29) is 11.0 Å². The number of aromatic amines is 1. The Labute approximate surface area is 134 Å². The van der Waals surface area contributed by atoms with Gasteiger partial charge >= 0.3 is 0 Å². The van der Waals surface area contributed by atoms with Crippen molar-refractivity contribution in [3.8, 4) is 0 Å². The molecule has 0 aliphatic heterocycles. The molecule has 0 saturated heterocycles. The van der Waals surface area contributed by atoms with E-state index in [9.17, 15) is 4.79 Å². The van der Waals surface area contributed by atoms with Gasteiger partial charge in [0.25, 0.3) is 5.56 Å². The molecule has 0 radical (unpaired) electrons. The molecule has 1 aromatic carbocycles. The van der Waals surface area contributed by atoms with E-state index in [4.69, 9.17) is 0 Å². The molecule has 0 atom stereocenters. The number of nitrogens with one attached hydrogen (secondary N) is 1. The Morgan fingerprint density at radius 3 is 2.43 bits per heavy atom. The fourth-order valence-corrected chi connectivity index (χ4v) is 2.98. The minimum absolute atomic E-state index is 0.117. The van der Waals surface area contributed by atoms with Crippen molar-refractivity contribution in [2.24, 2.45) is 0 Å². The molecule has 3 nitrogen and oxygen atoms in total. The van der Waals surface area contributed by atoms with E-state index in [1.807, 2.05) is 0 Å². The van der Waals surface area contributed by atoms with Crippen LogP contribution in [0.4, 0.5) is 0 Å². The van der Waals surface area contributed by atoms with Crippen molar-refractivity contribution >= 4 is 15.9 Å². The van der Waals surface area contributed by atoms with Gasteiger partial charge in [-0.25, -0.2) is 4.98 Å². The number of aryl methyl sites for hydroxylation is 2. The summed E-state index contributed by atoms with van der Waals surface area (Å²) in [4.78, 5) is 19.6. The number of aromatic nitrogens is 2. The second kappa shape index (κ2) is 5.76. The third-order valence-electron chi connectivity index (χ3n) is 3.57. The summed E-state index contributed by atoms with van der Waals surface area (Å²) in [6, 6.07) is 6.33. The Morgan fingerprint density at radius 1 is 1.19 bits per heavy atom. The van der Waals surface area contributed by atoms with Gasteiger partial charge in [-0.15, -0.1) is 0 Å². The zero-order valence-electron chi connectivity index (χ0n) is 13.2. The van der Waals surface area contributed by atoms with Crippen molar-refractivity contribution in [1.29, 1.82) is 0 Å². The van der Waals surface area contributed by atoms with Crippen LogP contribution in [0.2, 0.25) is 0 Å². The molecule has 1 N–H and O–H groups in total. The molecule has 2 aromatic rings. The highest BCUT2D eigenvalue weighted by Gasteiger charge is 2.22. The van der Waals surface area contributed by atoms with E-state index in [1.54, 1.807) is 0 Å². The lowest BCUT2D eigenvalue weighted by Gasteiger charge is -2.19. The Kier molecular flexibility index (Phi) is 4.38. The zero-order valence-corrected chi connectivity index (χ0v) is 14.8. The fourth-order valence-electron chi connectivity index (χ4n) is 2.19. The van der Waals surface area contributed by atoms with E-state index < -0.39 is 0 Å². The van der Waals surface area contributed by atoms with Crippen molar-refractivity contribution in [1.82, 2.24) is 9.97 Å². The molecule has 0 aliphatic rings. The van der Waals surface area contributed by atoms with E-state index in [0.717, 1.165) is 11.3 Å². The summed E-state index contributed by atoms with van der Waals surface area (Å²) in [5, 5.41) is 0. The Bertz CT molecular complexity index is 727. The van der Waals surface area contributed by atoms with Crippen LogP contribution in [-0.2, 0) is 11.8 Å². The predicted molar refractivity (Wildman–Crippen MR) is 90.0 cm³/mol. The first-order chi connectivity index (χ1) is 9.68. The first-order valence-corrected chi connectivity index (χ1v) is 7.83. The molecular weight excluding hydrogens is 328 g/mol. The van der Waals surface area contributed by atoms with E-state index in [0.29, 0.717) is 16.7 Å². The van der Waals surface area contributed by atoms with Crippen LogP contribution < -0.4 is 5.56 Å². The van der Waals surface area contributed by atoms with Crippen LogP contribution in [0.3, 0.4) is 0 Å². The Balaban J connectivity index is 2.43. The third kappa shape index (κ3) is 3.62. The quantitative estimate of drug-likeness (QED) is 0.890. The largest absolute Gasteiger partial charge is 0.309 e. The molecule has 4 heteroatoms. The standard InChI is InChI=1S/C17H21BrN2O/c1-10-6-7-12(8-11(10)2)9-13-19-15(17(3,4)5)14(18)16(21)20-13/h6-8H,9H2,1-5H3,(H,19,20,21). The Morgan fingerprint density at radius 2 is 1.86 bits per heavy atom. The van der Waals surface area contributed by atoms with Crippen molar-refractivity contribution < 1.29 is 0 Å². The molecular formula is C17H21BrN2O. The maximum Gasteiger partial charge on any atom is 0.265 e. The van der Waals surface area contributed by atoms with Gasteiger partial charge in [-0.05, 0) is 46.5 Å². The number of nitrogens with zero attached hydrogens (tertiary/aromatic N) is 1. The normalized spacial score (nSPS) is 11.7. The maximum absolute atomic E-state index is 12.1. The van der Waals surface area contributed by atoms with Crippen LogP contribution in [0.1, 0.15) is 49.0 Å². The van der Waals surface area contributed by atoms with Crippen molar-refractivity contribution in [2.75, 3.05) is 0 Å². The molecule has 1 heterocycles. The average Bonchev–Trinajstić information content (AvgIpc) is 2.36. The second-order valence-corrected chi connectivity index (χ2v) is 7.31. The molecule has 0 spiro atoms. The number of hydrogen-bond donors (Lipinski definition) is 1. The first kappa shape index (κ1) is 16.0. The van der Waals surface area contributed by atoms with Gasteiger partial charge in [0.05, 0.1) is 5.69 Å². The minimum atomic E-state index is -0.176. The smallest absolute Gasteiger partial charge is 0.265 e. The summed E-state index contributed by atoms with van der Waals surface area (Å²) < 4.78 is 0.527. The molecule has 0 bridgehead atoms. The molecule has 112 valence electrons. The van der Waals surface area contributed by atoms with Gasteiger partial charge in [0.1, 0.15) is 10.3 Å². The lowest BCUT2D eigenvalue weighted by molar-refractivity contribution is 0.557. The van der Waals surface area contributed by atoms with Crippen LogP contribution in [0.25, 0.3) is 0 Å². The summed E-state index contributed by atoms with van der Waals surface area (Å²) >= 11 is 3.35. The molecule has 0 saturated carbocycles. The maximum atomic E-state index is 12.1. The molecule has 1 aromatic heterocycles. The Hall–Kier alpha value is -1.42. The van der Waals surface area contributed by atoms with Gasteiger partial charge < -0.3 is 4.98 Å². The fraction of sp³-hybridized carbons (Fsp3) is 0.412. The lowest BCUT2D eigenvalue weighted by atomic mass is 9.92. The number of rotatable bonds is 2. The molecule has 2 rings (SSSR count). The predicted octanol–water partition coefficient (Wildman–Crippen LogP) is 4.04. The second-order valence-electron chi connectivity index (χ2n) is 6.52. The monoisotopic (exact) mass is 348 g/mol. The van der Waals surface area contributed by atoms with Crippen LogP contribution in [0.5, 0.6) is 0 Å². The number of halogens is 1. The molecule has 0 aliphatic carbocycles. The summed E-state index contributed by atoms with van der Waals surface area (Å²) in [6.07, 6.45) is 0.632. The number of H-pyrrole nitrogens is 1. The van der Waals surface area contributed by atoms with E-state index in [2.05, 4.69) is 78.7 Å². The van der Waals surface area contributed by atoms with Crippen LogP contribution >= 0.6 is 15.9 Å². The highest BCUT2D eigenvalue weighted by molar-refractivity contribution is 9.10. The average molecular weight is 349 g/mol. The molecule has 0 fully saturated rings. The van der Waals surface area contributed by atoms with Crippen LogP contribution in [0.15, 0.2) is 27.5 Å². The highest BCUT2D eigenvalue weighted by atomic mass is 79.9. The van der Waals surface area contributed by atoms with Gasteiger partial charge in [-0.1, -0.05) is 39.0 Å². The first-order valence-electron chi connectivity index (χ1n) is 7.04. The SMILES string of the molecule is Cc1ccc(Cc2nc(C(C)(C)C)c(Br)c(=O)[nH]2)cc1C. The zero-order chi connectivity index (χ0) is 15.8. The van der Waals surface area contributed by atoms with Gasteiger partial charge in [-0.2, -0.15) is 0 Å². The van der Waals surface area contributed by atoms with Crippen LogP contribution in [0, 0.1) is 13.8 Å². The highest BCUT2D eigenvalue weighted by Crippen LogP contribution is 2.25. The minimum Gasteiger partial charge on any atom is -0.309 e. The molecule has 0 amide bonds. The molecule has 0 unspecified atom stereocenters. The van der Waals surface area contributed by atoms with Gasteiger partial charge in [0.15, 0.2) is 0 Å². The topological polar surface area (TPSA) is 45.8 Å². The third-order valence-corrected chi connectivity index (χ3v) is 4.30. The van der Waals surface area contributed by atoms with E-state index in [1.165, 1.54) is 11.1 Å². The van der Waals surface area contributed by atoms with Crippen LogP contribution in [-0.4, -0.2) is 9.97 Å². The lowest BCUT2D eigenvalue weighted by Crippen LogP contribution is -2.23. The summed E-state index contributed by atoms with van der Waals surface area (Å²) in [5.74, 6) is 0.705. The van der Waals surface area contributed by atoms with E-state index >= 15 is 0 Å². The van der Waals surface area contributed by atoms with Gasteiger partial charge in [-0.3, -0.25) is 4.79 Å². The van der Waals surface area contributed by atoms with Crippen molar-refractivity contribution in [2.45, 2.75) is 46.5 Å². The van der Waals surface area contributed by atoms with Gasteiger partial charge in [0, 0.05) is 11.8 Å². The number of hydrogen-bond acceptors (Lipinski definition) is 2. The summed E-state index contributed by atoms with van der Waals surface area (Å²) in [7, 11) is 0. The summed E-state index contributed by atoms with van der Waals surface area (Å²) in [5.41, 5.74) is 4.18. The number of benzene rings is 1. The summed E-state index contributed by atoms with van der Waals surface area (Å²) in [6.45, 7) is 10.4. The van der Waals surface area contributed by atoms with Gasteiger partial charge in [0.2, 0.25) is 0 Å². The molecule has 21 heavy (non-hydrogen) atoms. The van der Waals surface area contributed by atoms with Crippen molar-refractivity contribution in [3.63, 3.8) is 0 Å².